The van der Waals surface area contributed by atoms with E-state index in [0.717, 1.165) is 44.5 Å². The van der Waals surface area contributed by atoms with Gasteiger partial charge in [-0.2, -0.15) is 15.0 Å². The summed E-state index contributed by atoms with van der Waals surface area (Å²) in [5, 5.41) is 8.70. The minimum absolute atomic E-state index is 0.0258. The largest absolute Gasteiger partial charge is 0.491 e. The van der Waals surface area contributed by atoms with Gasteiger partial charge in [0.05, 0.1) is 6.54 Å². The lowest BCUT2D eigenvalue weighted by atomic mass is 9.76. The Morgan fingerprint density at radius 2 is 1.33 bits per heavy atom. The molecule has 0 aliphatic heterocycles. The van der Waals surface area contributed by atoms with Crippen LogP contribution in [0.1, 0.15) is 131 Å². The molecule has 3 N–H and O–H groups in total. The Labute approximate surface area is 257 Å². The van der Waals surface area contributed by atoms with E-state index in [-0.39, 0.29) is 10.8 Å². The molecule has 0 bridgehead atoms. The summed E-state index contributed by atoms with van der Waals surface area (Å²) in [6.07, 6.45) is 12.0. The lowest BCUT2D eigenvalue weighted by Crippen LogP contribution is -2.33. The van der Waals surface area contributed by atoms with Crippen LogP contribution in [0.25, 0.3) is 0 Å². The molecule has 42 heavy (non-hydrogen) atoms. The van der Waals surface area contributed by atoms with Crippen LogP contribution in [0.5, 0.6) is 5.75 Å². The van der Waals surface area contributed by atoms with Crippen molar-refractivity contribution in [1.29, 1.82) is 0 Å². The number of unbranched alkanes of at least 4 members (excludes halogenated alkanes) is 6. The van der Waals surface area contributed by atoms with Gasteiger partial charge < -0.3 is 15.4 Å². The number of rotatable bonds is 22. The van der Waals surface area contributed by atoms with Crippen LogP contribution in [-0.2, 0) is 10.8 Å². The van der Waals surface area contributed by atoms with Crippen molar-refractivity contribution in [3.8, 4) is 5.75 Å². The Morgan fingerprint density at radius 1 is 0.738 bits per heavy atom. The number of hydrogen-bond donors (Lipinski definition) is 3. The van der Waals surface area contributed by atoms with E-state index in [4.69, 9.17) is 9.72 Å². The molecular weight excluding hydrogens is 522 g/mol. The van der Waals surface area contributed by atoms with Gasteiger partial charge in [0.15, 0.2) is 0 Å². The third-order valence-corrected chi connectivity index (χ3v) is 8.58. The molecule has 1 aromatic heterocycles. The molecule has 0 fully saturated rings. The normalized spacial score (nSPS) is 12.0. The van der Waals surface area contributed by atoms with E-state index in [9.17, 15) is 0 Å². The van der Waals surface area contributed by atoms with Crippen LogP contribution >= 0.6 is 0 Å². The fourth-order valence-corrected chi connectivity index (χ4v) is 4.76. The minimum atomic E-state index is 0.0258. The quantitative estimate of drug-likeness (QED) is 0.0938. The Bertz CT molecular complexity index is 1030. The number of nitrogens with zero attached hydrogens (tertiary/aromatic N) is 4. The minimum Gasteiger partial charge on any atom is -0.491 e. The monoisotopic (exact) mass is 583 g/mol. The molecule has 0 saturated heterocycles. The second-order valence-corrected chi connectivity index (χ2v) is 12.7. The highest BCUT2D eigenvalue weighted by atomic mass is 16.5. The Morgan fingerprint density at radius 3 is 1.90 bits per heavy atom. The molecule has 8 nitrogen and oxygen atoms in total. The summed E-state index contributed by atoms with van der Waals surface area (Å²) >= 11 is 0. The van der Waals surface area contributed by atoms with Gasteiger partial charge in [0.2, 0.25) is 17.8 Å². The number of ether oxygens (including phenoxy) is 1. The molecule has 0 aliphatic rings. The molecule has 0 unspecified atom stereocenters. The number of aromatic nitrogens is 3. The molecule has 0 amide bonds. The maximum absolute atomic E-state index is 6.35. The van der Waals surface area contributed by atoms with Gasteiger partial charge in [0, 0.05) is 25.7 Å². The summed E-state index contributed by atoms with van der Waals surface area (Å²) in [7, 11) is 1.83. The van der Waals surface area contributed by atoms with E-state index in [2.05, 4.69) is 105 Å². The van der Waals surface area contributed by atoms with Gasteiger partial charge in [0.1, 0.15) is 12.4 Å². The zero-order valence-corrected chi connectivity index (χ0v) is 28.3. The first kappa shape index (κ1) is 35.6. The number of hydrazine groups is 1. The average Bonchev–Trinajstić information content (AvgIpc) is 2.99. The van der Waals surface area contributed by atoms with Crippen molar-refractivity contribution in [1.82, 2.24) is 20.0 Å². The van der Waals surface area contributed by atoms with Crippen molar-refractivity contribution in [2.45, 2.75) is 130 Å². The van der Waals surface area contributed by atoms with Gasteiger partial charge >= 0.3 is 0 Å². The maximum Gasteiger partial charge on any atom is 0.244 e. The fraction of sp³-hybridized carbons (Fsp3) is 0.735. The maximum atomic E-state index is 6.35. The summed E-state index contributed by atoms with van der Waals surface area (Å²) in [4.78, 5) is 13.8. The standard InChI is InChI=1S/C34H61N7O/c1-10-14-16-18-23-41(24-19-17-15-11-2)40-32-38-30(35-9)37-31(39-32)36-22-25-42-29-21-20-27(33(5,6)12-3)26-28(29)34(7,8)13-4/h20-21,26H,10-19,22-25H2,1-9H3,(H3,35,36,37,38,39,40). The smallest absolute Gasteiger partial charge is 0.244 e. The van der Waals surface area contributed by atoms with Crippen LogP contribution in [0.2, 0.25) is 0 Å². The molecule has 8 heteroatoms. The molecule has 0 spiro atoms. The summed E-state index contributed by atoms with van der Waals surface area (Å²) in [6.45, 7) is 21.3. The fourth-order valence-electron chi connectivity index (χ4n) is 4.76. The van der Waals surface area contributed by atoms with Crippen LogP contribution in [0.3, 0.4) is 0 Å². The highest BCUT2D eigenvalue weighted by Gasteiger charge is 2.26. The SMILES string of the molecule is CCCCCCN(CCCCCC)Nc1nc(NC)nc(NCCOc2ccc(C(C)(C)CC)cc2C(C)(C)CC)n1. The van der Waals surface area contributed by atoms with Crippen molar-refractivity contribution in [3.05, 3.63) is 29.3 Å². The van der Waals surface area contributed by atoms with Gasteiger partial charge in [-0.3, -0.25) is 5.43 Å². The topological polar surface area (TPSA) is 87.2 Å². The molecule has 2 aromatic rings. The Hall–Kier alpha value is -2.61. The van der Waals surface area contributed by atoms with E-state index in [1.165, 1.54) is 49.7 Å². The number of nitrogens with one attached hydrogen (secondary N) is 3. The molecule has 2 rings (SSSR count). The molecule has 238 valence electrons. The van der Waals surface area contributed by atoms with Crippen LogP contribution in [0.4, 0.5) is 17.8 Å². The third-order valence-electron chi connectivity index (χ3n) is 8.58. The van der Waals surface area contributed by atoms with E-state index in [1.807, 2.05) is 7.05 Å². The third kappa shape index (κ3) is 11.6. The summed E-state index contributed by atoms with van der Waals surface area (Å²) in [6, 6.07) is 6.73. The molecule has 1 aromatic carbocycles. The van der Waals surface area contributed by atoms with Crippen LogP contribution in [0.15, 0.2) is 18.2 Å². The van der Waals surface area contributed by atoms with Crippen molar-refractivity contribution >= 4 is 17.8 Å². The highest BCUT2D eigenvalue weighted by Crippen LogP contribution is 2.38. The Balaban J connectivity index is 2.08. The lowest BCUT2D eigenvalue weighted by Gasteiger charge is -2.30. The van der Waals surface area contributed by atoms with Gasteiger partial charge in [-0.25, -0.2) is 5.01 Å². The predicted molar refractivity (Wildman–Crippen MR) is 180 cm³/mol. The summed E-state index contributed by atoms with van der Waals surface area (Å²) < 4.78 is 6.35. The second kappa shape index (κ2) is 18.1. The van der Waals surface area contributed by atoms with Gasteiger partial charge in [-0.1, -0.05) is 106 Å². The van der Waals surface area contributed by atoms with Crippen LogP contribution in [0, 0.1) is 0 Å². The molecule has 0 saturated carbocycles. The molecule has 0 radical (unpaired) electrons. The van der Waals surface area contributed by atoms with E-state index < -0.39 is 0 Å². The highest BCUT2D eigenvalue weighted by molar-refractivity contribution is 5.44. The second-order valence-electron chi connectivity index (χ2n) is 12.7. The van der Waals surface area contributed by atoms with Crippen molar-refractivity contribution in [2.24, 2.45) is 0 Å². The van der Waals surface area contributed by atoms with Crippen molar-refractivity contribution < 1.29 is 4.74 Å². The zero-order valence-electron chi connectivity index (χ0n) is 28.3. The first-order chi connectivity index (χ1) is 20.1. The van der Waals surface area contributed by atoms with Crippen molar-refractivity contribution in [2.75, 3.05) is 49.3 Å². The number of anilines is 3. The molecule has 0 aliphatic carbocycles. The zero-order chi connectivity index (χ0) is 31.0. The first-order valence-electron chi connectivity index (χ1n) is 16.6. The van der Waals surface area contributed by atoms with Crippen LogP contribution < -0.4 is 20.8 Å². The van der Waals surface area contributed by atoms with Gasteiger partial charge in [-0.15, -0.1) is 0 Å². The van der Waals surface area contributed by atoms with E-state index >= 15 is 0 Å². The number of benzene rings is 1. The van der Waals surface area contributed by atoms with Gasteiger partial charge in [0.25, 0.3) is 0 Å². The molecule has 0 atom stereocenters. The van der Waals surface area contributed by atoms with E-state index in [1.54, 1.807) is 0 Å². The van der Waals surface area contributed by atoms with Crippen LogP contribution in [-0.4, -0.2) is 53.2 Å². The van der Waals surface area contributed by atoms with E-state index in [0.29, 0.717) is 31.0 Å². The van der Waals surface area contributed by atoms with Gasteiger partial charge in [-0.05, 0) is 48.1 Å². The summed E-state index contributed by atoms with van der Waals surface area (Å²) in [5.74, 6) is 2.58. The first-order valence-corrected chi connectivity index (χ1v) is 16.6. The predicted octanol–water partition coefficient (Wildman–Crippen LogP) is 8.57. The summed E-state index contributed by atoms with van der Waals surface area (Å²) in [5.41, 5.74) is 6.27. The lowest BCUT2D eigenvalue weighted by molar-refractivity contribution is 0.308. The molecular formula is C34H61N7O. The Kier molecular flexibility index (Phi) is 15.4. The number of hydrogen-bond acceptors (Lipinski definition) is 8. The van der Waals surface area contributed by atoms with Crippen molar-refractivity contribution in [3.63, 3.8) is 0 Å². The molecule has 1 heterocycles. The average molecular weight is 584 g/mol.